The Balaban J connectivity index is 2.39. The van der Waals surface area contributed by atoms with Gasteiger partial charge in [0, 0.05) is 18.1 Å². The van der Waals surface area contributed by atoms with Crippen molar-refractivity contribution in [2.75, 3.05) is 6.54 Å². The fourth-order valence-corrected chi connectivity index (χ4v) is 2.05. The van der Waals surface area contributed by atoms with Crippen LogP contribution >= 0.6 is 0 Å². The molecule has 1 aromatic heterocycles. The number of benzene rings is 1. The third kappa shape index (κ3) is 3.15. The molecule has 2 rings (SSSR count). The molecule has 0 spiro atoms. The van der Waals surface area contributed by atoms with Crippen LogP contribution in [0.1, 0.15) is 20.3 Å². The number of hydrogen-bond donors (Lipinski definition) is 1. The number of aryl methyl sites for hydroxylation is 1. The van der Waals surface area contributed by atoms with Crippen molar-refractivity contribution in [1.82, 2.24) is 4.57 Å². The molecule has 4 heteroatoms. The number of pyridine rings is 1. The van der Waals surface area contributed by atoms with Crippen LogP contribution in [0.2, 0.25) is 0 Å². The monoisotopic (exact) mass is 260 g/mol. The number of rotatable bonds is 5. The van der Waals surface area contributed by atoms with Gasteiger partial charge < -0.3 is 15.0 Å². The molecule has 0 aliphatic carbocycles. The van der Waals surface area contributed by atoms with Crippen molar-refractivity contribution in [3.8, 4) is 5.75 Å². The third-order valence-electron chi connectivity index (χ3n) is 2.92. The van der Waals surface area contributed by atoms with Crippen LogP contribution in [0.5, 0.6) is 5.75 Å². The van der Waals surface area contributed by atoms with Crippen molar-refractivity contribution in [3.63, 3.8) is 0 Å². The first kappa shape index (κ1) is 13.6. The third-order valence-corrected chi connectivity index (χ3v) is 2.92. The second-order valence-corrected chi connectivity index (χ2v) is 4.87. The van der Waals surface area contributed by atoms with Gasteiger partial charge in [0.05, 0.1) is 6.10 Å². The minimum absolute atomic E-state index is 0.0297. The summed E-state index contributed by atoms with van der Waals surface area (Å²) in [5, 5.41) is 1.63. The molecule has 0 atom stereocenters. The average Bonchev–Trinajstić information content (AvgIpc) is 2.37. The Kier molecular flexibility index (Phi) is 4.22. The molecule has 2 aromatic rings. The first-order chi connectivity index (χ1) is 9.11. The molecule has 1 heterocycles. The molecule has 4 nitrogen and oxygen atoms in total. The van der Waals surface area contributed by atoms with Crippen LogP contribution in [0.25, 0.3) is 10.8 Å². The topological polar surface area (TPSA) is 57.2 Å². The standard InChI is InChI=1S/C15H20N2O2/c1-11(2)19-13-4-5-14-12(10-13)6-9-17(15(14)18)8-3-7-16/h4-6,9-11H,3,7-8,16H2,1-2H3. The van der Waals surface area contributed by atoms with Gasteiger partial charge in [0.1, 0.15) is 5.75 Å². The molecule has 0 bridgehead atoms. The fraction of sp³-hybridized carbons (Fsp3) is 0.400. The van der Waals surface area contributed by atoms with Crippen LogP contribution in [-0.2, 0) is 6.54 Å². The van der Waals surface area contributed by atoms with E-state index in [2.05, 4.69) is 0 Å². The van der Waals surface area contributed by atoms with Crippen LogP contribution in [0, 0.1) is 0 Å². The minimum atomic E-state index is 0.0297. The van der Waals surface area contributed by atoms with Crippen molar-refractivity contribution in [2.24, 2.45) is 5.73 Å². The number of nitrogens with zero attached hydrogens (tertiary/aromatic N) is 1. The van der Waals surface area contributed by atoms with Gasteiger partial charge in [-0.05, 0) is 56.5 Å². The molecule has 0 unspecified atom stereocenters. The summed E-state index contributed by atoms with van der Waals surface area (Å²) < 4.78 is 7.34. The van der Waals surface area contributed by atoms with Gasteiger partial charge >= 0.3 is 0 Å². The predicted molar refractivity (Wildman–Crippen MR) is 77.6 cm³/mol. The first-order valence-electron chi connectivity index (χ1n) is 6.61. The van der Waals surface area contributed by atoms with Crippen LogP contribution in [0.3, 0.4) is 0 Å². The van der Waals surface area contributed by atoms with Crippen molar-refractivity contribution in [1.29, 1.82) is 0 Å². The molecular weight excluding hydrogens is 240 g/mol. The molecule has 0 radical (unpaired) electrons. The zero-order valence-corrected chi connectivity index (χ0v) is 11.4. The Morgan fingerprint density at radius 3 is 2.79 bits per heavy atom. The lowest BCUT2D eigenvalue weighted by Crippen LogP contribution is -2.20. The SMILES string of the molecule is CC(C)Oc1ccc2c(=O)n(CCCN)ccc2c1. The van der Waals surface area contributed by atoms with E-state index in [1.54, 1.807) is 4.57 Å². The molecule has 0 saturated carbocycles. The smallest absolute Gasteiger partial charge is 0.258 e. The maximum Gasteiger partial charge on any atom is 0.258 e. The minimum Gasteiger partial charge on any atom is -0.491 e. The van der Waals surface area contributed by atoms with Crippen LogP contribution < -0.4 is 16.0 Å². The summed E-state index contributed by atoms with van der Waals surface area (Å²) in [6, 6.07) is 7.52. The highest BCUT2D eigenvalue weighted by atomic mass is 16.5. The van der Waals surface area contributed by atoms with Crippen molar-refractivity contribution in [3.05, 3.63) is 40.8 Å². The van der Waals surface area contributed by atoms with E-state index in [1.165, 1.54) is 0 Å². The molecule has 0 amide bonds. The Labute approximate surface area is 112 Å². The summed E-state index contributed by atoms with van der Waals surface area (Å²) >= 11 is 0. The predicted octanol–water partition coefficient (Wildman–Crippen LogP) is 2.14. The zero-order chi connectivity index (χ0) is 13.8. The van der Waals surface area contributed by atoms with E-state index >= 15 is 0 Å². The molecule has 1 aromatic carbocycles. The van der Waals surface area contributed by atoms with Gasteiger partial charge in [0.25, 0.3) is 5.56 Å². The maximum atomic E-state index is 12.2. The van der Waals surface area contributed by atoms with Gasteiger partial charge in [-0.25, -0.2) is 0 Å². The van der Waals surface area contributed by atoms with Gasteiger partial charge in [-0.2, -0.15) is 0 Å². The van der Waals surface area contributed by atoms with E-state index < -0.39 is 0 Å². The Bertz CT molecular complexity index is 617. The number of nitrogens with two attached hydrogens (primary N) is 1. The molecule has 2 N–H and O–H groups in total. The molecule has 0 saturated heterocycles. The summed E-state index contributed by atoms with van der Waals surface area (Å²) in [5.41, 5.74) is 5.50. The Morgan fingerprint density at radius 1 is 1.32 bits per heavy atom. The highest BCUT2D eigenvalue weighted by Gasteiger charge is 2.05. The quantitative estimate of drug-likeness (QED) is 0.896. The van der Waals surface area contributed by atoms with E-state index in [1.807, 2.05) is 44.3 Å². The number of ether oxygens (including phenoxy) is 1. The summed E-state index contributed by atoms with van der Waals surface area (Å²) in [4.78, 5) is 12.2. The highest BCUT2D eigenvalue weighted by Crippen LogP contribution is 2.19. The highest BCUT2D eigenvalue weighted by molar-refractivity contribution is 5.82. The van der Waals surface area contributed by atoms with Crippen LogP contribution in [0.4, 0.5) is 0 Å². The van der Waals surface area contributed by atoms with Gasteiger partial charge in [-0.3, -0.25) is 4.79 Å². The molecule has 102 valence electrons. The summed E-state index contributed by atoms with van der Waals surface area (Å²) in [6.07, 6.45) is 2.75. The molecule has 0 fully saturated rings. The van der Waals surface area contributed by atoms with Crippen LogP contribution in [0.15, 0.2) is 35.3 Å². The van der Waals surface area contributed by atoms with Crippen molar-refractivity contribution in [2.45, 2.75) is 32.9 Å². The summed E-state index contributed by atoms with van der Waals surface area (Å²) in [6.45, 7) is 5.21. The normalized spacial score (nSPS) is 11.2. The Hall–Kier alpha value is -1.81. The summed E-state index contributed by atoms with van der Waals surface area (Å²) in [7, 11) is 0. The molecule has 0 aliphatic rings. The van der Waals surface area contributed by atoms with Gasteiger partial charge in [0.2, 0.25) is 0 Å². The van der Waals surface area contributed by atoms with E-state index in [4.69, 9.17) is 10.5 Å². The number of hydrogen-bond acceptors (Lipinski definition) is 3. The van der Waals surface area contributed by atoms with E-state index in [9.17, 15) is 4.79 Å². The van der Waals surface area contributed by atoms with Gasteiger partial charge in [-0.15, -0.1) is 0 Å². The van der Waals surface area contributed by atoms with Crippen LogP contribution in [-0.4, -0.2) is 17.2 Å². The lowest BCUT2D eigenvalue weighted by molar-refractivity contribution is 0.243. The largest absolute Gasteiger partial charge is 0.491 e. The lowest BCUT2D eigenvalue weighted by Gasteiger charge is -2.11. The van der Waals surface area contributed by atoms with E-state index in [0.717, 1.165) is 22.9 Å². The summed E-state index contributed by atoms with van der Waals surface area (Å²) in [5.74, 6) is 0.793. The number of aromatic nitrogens is 1. The second-order valence-electron chi connectivity index (χ2n) is 4.87. The molecule has 0 aliphatic heterocycles. The first-order valence-corrected chi connectivity index (χ1v) is 6.61. The van der Waals surface area contributed by atoms with Gasteiger partial charge in [-0.1, -0.05) is 0 Å². The zero-order valence-electron chi connectivity index (χ0n) is 11.4. The maximum absolute atomic E-state index is 12.2. The molecule has 19 heavy (non-hydrogen) atoms. The average molecular weight is 260 g/mol. The number of fused-ring (bicyclic) bond motifs is 1. The Morgan fingerprint density at radius 2 is 2.11 bits per heavy atom. The van der Waals surface area contributed by atoms with E-state index in [-0.39, 0.29) is 11.7 Å². The fourth-order valence-electron chi connectivity index (χ4n) is 2.05. The van der Waals surface area contributed by atoms with Crippen molar-refractivity contribution >= 4 is 10.8 Å². The molecular formula is C15H20N2O2. The lowest BCUT2D eigenvalue weighted by atomic mass is 10.1. The van der Waals surface area contributed by atoms with E-state index in [0.29, 0.717) is 13.1 Å². The van der Waals surface area contributed by atoms with Gasteiger partial charge in [0.15, 0.2) is 0 Å². The second kappa shape index (κ2) is 5.89. The van der Waals surface area contributed by atoms with Crippen molar-refractivity contribution < 1.29 is 4.74 Å².